The Morgan fingerprint density at radius 2 is 1.74 bits per heavy atom. The lowest BCUT2D eigenvalue weighted by Crippen LogP contribution is -2.27. The first kappa shape index (κ1) is 15.3. The number of aryl methyl sites for hydroxylation is 1. The fourth-order valence-electron chi connectivity index (χ4n) is 2.50. The second kappa shape index (κ2) is 5.92. The summed E-state index contributed by atoms with van der Waals surface area (Å²) in [6.07, 6.45) is 6.30. The van der Waals surface area contributed by atoms with Gasteiger partial charge >= 0.3 is 0 Å². The molecule has 0 aliphatic carbocycles. The summed E-state index contributed by atoms with van der Waals surface area (Å²) in [5, 5.41) is 3.59. The highest BCUT2D eigenvalue weighted by molar-refractivity contribution is 5.76. The number of imidazole rings is 1. The van der Waals surface area contributed by atoms with E-state index in [2.05, 4.69) is 80.0 Å². The third kappa shape index (κ3) is 3.62. The lowest BCUT2D eigenvalue weighted by molar-refractivity contribution is 0.629. The van der Waals surface area contributed by atoms with Gasteiger partial charge < -0.3 is 5.32 Å². The van der Waals surface area contributed by atoms with Crippen LogP contribution < -0.4 is 5.32 Å². The molecular weight excluding hydrogens is 282 g/mol. The fourth-order valence-corrected chi connectivity index (χ4v) is 2.50. The minimum absolute atomic E-state index is 0.0327. The molecule has 0 aliphatic heterocycles. The molecule has 0 radical (unpaired) electrons. The van der Waals surface area contributed by atoms with Gasteiger partial charge in [0.2, 0.25) is 0 Å². The summed E-state index contributed by atoms with van der Waals surface area (Å²) in [5.41, 5.74) is 4.26. The molecule has 0 fully saturated rings. The van der Waals surface area contributed by atoms with Crippen LogP contribution in [0.4, 0.5) is 5.82 Å². The van der Waals surface area contributed by atoms with Crippen LogP contribution in [0.1, 0.15) is 37.6 Å². The van der Waals surface area contributed by atoms with E-state index >= 15 is 0 Å². The van der Waals surface area contributed by atoms with Crippen LogP contribution in [0.25, 0.3) is 17.8 Å². The molecule has 0 bridgehead atoms. The van der Waals surface area contributed by atoms with Crippen molar-refractivity contribution in [1.29, 1.82) is 0 Å². The van der Waals surface area contributed by atoms with Gasteiger partial charge in [-0.1, -0.05) is 42.5 Å². The molecule has 3 nitrogen and oxygen atoms in total. The number of rotatable bonds is 3. The van der Waals surface area contributed by atoms with Crippen LogP contribution in [-0.4, -0.2) is 14.9 Å². The quantitative estimate of drug-likeness (QED) is 0.736. The molecule has 0 saturated heterocycles. The average molecular weight is 305 g/mol. The number of anilines is 1. The van der Waals surface area contributed by atoms with Gasteiger partial charge in [-0.25, -0.2) is 4.98 Å². The zero-order valence-electron chi connectivity index (χ0n) is 14.2. The molecule has 1 N–H and O–H groups in total. The minimum atomic E-state index is -0.0327. The maximum atomic E-state index is 4.77. The number of hydrogen-bond donors (Lipinski definition) is 1. The van der Waals surface area contributed by atoms with E-state index in [1.165, 1.54) is 11.1 Å². The van der Waals surface area contributed by atoms with Gasteiger partial charge in [0.1, 0.15) is 17.2 Å². The first-order chi connectivity index (χ1) is 10.9. The number of hydrogen-bond acceptors (Lipinski definition) is 2. The minimum Gasteiger partial charge on any atom is -0.365 e. The molecule has 0 amide bonds. The third-order valence-electron chi connectivity index (χ3n) is 3.52. The van der Waals surface area contributed by atoms with E-state index < -0.39 is 0 Å². The summed E-state index contributed by atoms with van der Waals surface area (Å²) in [5.74, 6) is 1.03. The normalized spacial score (nSPS) is 12.2. The summed E-state index contributed by atoms with van der Waals surface area (Å²) in [7, 11) is 0. The van der Waals surface area contributed by atoms with Crippen molar-refractivity contribution < 1.29 is 0 Å². The topological polar surface area (TPSA) is 29.3 Å². The lowest BCUT2D eigenvalue weighted by Gasteiger charge is -2.22. The van der Waals surface area contributed by atoms with Gasteiger partial charge in [0.05, 0.1) is 0 Å². The first-order valence-corrected chi connectivity index (χ1v) is 7.92. The second-order valence-electron chi connectivity index (χ2n) is 6.90. The van der Waals surface area contributed by atoms with Gasteiger partial charge in [0.25, 0.3) is 0 Å². The van der Waals surface area contributed by atoms with Crippen LogP contribution in [0.2, 0.25) is 0 Å². The van der Waals surface area contributed by atoms with Crippen LogP contribution in [0, 0.1) is 6.92 Å². The Morgan fingerprint density at radius 3 is 2.43 bits per heavy atom. The number of nitrogens with zero attached hydrogens (tertiary/aromatic N) is 2. The molecule has 3 heteroatoms. The van der Waals surface area contributed by atoms with Gasteiger partial charge in [-0.2, -0.15) is 0 Å². The predicted octanol–water partition coefficient (Wildman–Crippen LogP) is 5.02. The van der Waals surface area contributed by atoms with E-state index in [-0.39, 0.29) is 5.54 Å². The molecule has 0 aliphatic rings. The highest BCUT2D eigenvalue weighted by Crippen LogP contribution is 2.24. The van der Waals surface area contributed by atoms with Gasteiger partial charge in [-0.05, 0) is 51.0 Å². The van der Waals surface area contributed by atoms with Crippen LogP contribution in [0.3, 0.4) is 0 Å². The fraction of sp³-hybridized carbons (Fsp3) is 0.250. The van der Waals surface area contributed by atoms with Gasteiger partial charge in [0.15, 0.2) is 0 Å². The van der Waals surface area contributed by atoms with E-state index in [1.807, 2.05) is 18.2 Å². The lowest BCUT2D eigenvalue weighted by atomic mass is 10.1. The summed E-state index contributed by atoms with van der Waals surface area (Å²) in [4.78, 5) is 4.77. The van der Waals surface area contributed by atoms with Crippen LogP contribution in [0.15, 0.2) is 48.7 Å². The van der Waals surface area contributed by atoms with Gasteiger partial charge in [-0.3, -0.25) is 4.40 Å². The molecule has 1 aromatic carbocycles. The van der Waals surface area contributed by atoms with E-state index in [4.69, 9.17) is 4.98 Å². The molecular formula is C20H23N3. The van der Waals surface area contributed by atoms with E-state index in [9.17, 15) is 0 Å². The van der Waals surface area contributed by atoms with Gasteiger partial charge in [-0.15, -0.1) is 0 Å². The Balaban J connectivity index is 2.08. The van der Waals surface area contributed by atoms with Crippen LogP contribution in [0.5, 0.6) is 0 Å². The number of fused-ring (bicyclic) bond motifs is 1. The summed E-state index contributed by atoms with van der Waals surface area (Å²) in [6, 6.07) is 14.4. The Kier molecular flexibility index (Phi) is 3.95. The SMILES string of the molecule is Cc1ccc2nc(/C=C/c3ccccc3)c(NC(C)(C)C)n2c1. The van der Waals surface area contributed by atoms with Crippen molar-refractivity contribution in [3.8, 4) is 0 Å². The first-order valence-electron chi connectivity index (χ1n) is 7.92. The molecule has 2 aromatic heterocycles. The third-order valence-corrected chi connectivity index (χ3v) is 3.52. The molecule has 3 rings (SSSR count). The number of nitrogens with one attached hydrogen (secondary N) is 1. The Labute approximate surface area is 137 Å². The van der Waals surface area contributed by atoms with E-state index in [0.717, 1.165) is 17.2 Å². The molecule has 23 heavy (non-hydrogen) atoms. The Morgan fingerprint density at radius 1 is 1.00 bits per heavy atom. The Hall–Kier alpha value is -2.55. The number of aromatic nitrogens is 2. The molecule has 0 atom stereocenters. The molecule has 118 valence electrons. The van der Waals surface area contributed by atoms with Crippen molar-refractivity contribution in [1.82, 2.24) is 9.38 Å². The summed E-state index contributed by atoms with van der Waals surface area (Å²) < 4.78 is 2.13. The largest absolute Gasteiger partial charge is 0.365 e. The standard InChI is InChI=1S/C20H23N3/c1-15-10-13-18-21-17(12-11-16-8-6-5-7-9-16)19(23(18)14-15)22-20(2,3)4/h5-14,22H,1-4H3/b12-11+. The zero-order chi connectivity index (χ0) is 16.4. The summed E-state index contributed by atoms with van der Waals surface area (Å²) >= 11 is 0. The van der Waals surface area contributed by atoms with Gasteiger partial charge in [0, 0.05) is 11.7 Å². The highest BCUT2D eigenvalue weighted by atomic mass is 15.2. The molecule has 0 unspecified atom stereocenters. The average Bonchev–Trinajstić information content (AvgIpc) is 2.82. The predicted molar refractivity (Wildman–Crippen MR) is 98.7 cm³/mol. The maximum absolute atomic E-state index is 4.77. The van der Waals surface area contributed by atoms with Crippen molar-refractivity contribution in [2.24, 2.45) is 0 Å². The van der Waals surface area contributed by atoms with Crippen LogP contribution in [-0.2, 0) is 0 Å². The van der Waals surface area contributed by atoms with Crippen molar-refractivity contribution in [2.45, 2.75) is 33.2 Å². The van der Waals surface area contributed by atoms with Crippen molar-refractivity contribution in [2.75, 3.05) is 5.32 Å². The maximum Gasteiger partial charge on any atom is 0.139 e. The van der Waals surface area contributed by atoms with Crippen LogP contribution >= 0.6 is 0 Å². The monoisotopic (exact) mass is 305 g/mol. The number of pyridine rings is 1. The van der Waals surface area contributed by atoms with Crippen molar-refractivity contribution in [3.05, 3.63) is 65.5 Å². The molecule has 0 saturated carbocycles. The van der Waals surface area contributed by atoms with E-state index in [1.54, 1.807) is 0 Å². The Bertz CT molecular complexity index is 836. The second-order valence-corrected chi connectivity index (χ2v) is 6.90. The highest BCUT2D eigenvalue weighted by Gasteiger charge is 2.16. The van der Waals surface area contributed by atoms with Crippen molar-refractivity contribution in [3.63, 3.8) is 0 Å². The molecule has 2 heterocycles. The van der Waals surface area contributed by atoms with E-state index in [0.29, 0.717) is 0 Å². The molecule has 3 aromatic rings. The smallest absolute Gasteiger partial charge is 0.139 e. The number of benzene rings is 1. The summed E-state index contributed by atoms with van der Waals surface area (Å²) in [6.45, 7) is 8.58. The van der Waals surface area contributed by atoms with Crippen molar-refractivity contribution >= 4 is 23.6 Å². The molecule has 0 spiro atoms. The zero-order valence-corrected chi connectivity index (χ0v) is 14.2.